The summed E-state index contributed by atoms with van der Waals surface area (Å²) in [6.07, 6.45) is 5.06. The normalized spacial score (nSPS) is 30.2. The van der Waals surface area contributed by atoms with E-state index in [9.17, 15) is 14.4 Å². The molecule has 1 aromatic rings. The second-order valence-corrected chi connectivity index (χ2v) is 7.03. The number of imide groups is 1. The zero-order valence-corrected chi connectivity index (χ0v) is 13.8. The first-order valence-electron chi connectivity index (χ1n) is 8.35. The minimum Gasteiger partial charge on any atom is -0.294 e. The van der Waals surface area contributed by atoms with Crippen LogP contribution in [0.2, 0.25) is 0 Å². The molecule has 1 saturated heterocycles. The minimum absolute atomic E-state index is 0.00248. The molecule has 124 valence electrons. The lowest BCUT2D eigenvalue weighted by molar-refractivity contribution is -0.140. The summed E-state index contributed by atoms with van der Waals surface area (Å²) in [7, 11) is 0. The van der Waals surface area contributed by atoms with Gasteiger partial charge in [-0.15, -0.1) is 0 Å². The van der Waals surface area contributed by atoms with E-state index < -0.39 is 0 Å². The smallest absolute Gasteiger partial charge is 0.235 e. The van der Waals surface area contributed by atoms with E-state index in [1.54, 1.807) is 0 Å². The fourth-order valence-corrected chi connectivity index (χ4v) is 4.33. The molecular formula is C19H20N2O3. The molecule has 0 N–H and O–H groups in total. The maximum atomic E-state index is 12.8. The summed E-state index contributed by atoms with van der Waals surface area (Å²) in [6.45, 7) is 3.43. The molecule has 3 amide bonds. The van der Waals surface area contributed by atoms with Gasteiger partial charge in [0.25, 0.3) is 0 Å². The number of hydrogen-bond acceptors (Lipinski definition) is 3. The first-order valence-corrected chi connectivity index (χ1v) is 8.35. The Hall–Kier alpha value is -2.43. The number of amides is 3. The number of carbonyl (C=O) groups excluding carboxylic acids is 3. The van der Waals surface area contributed by atoms with Gasteiger partial charge in [-0.25, -0.2) is 0 Å². The van der Waals surface area contributed by atoms with Gasteiger partial charge in [-0.3, -0.25) is 24.2 Å². The number of hydrogen-bond donors (Lipinski definition) is 0. The molecule has 5 heteroatoms. The van der Waals surface area contributed by atoms with E-state index in [1.807, 2.05) is 31.2 Å². The third kappa shape index (κ3) is 2.11. The Balaban J connectivity index is 1.60. The highest BCUT2D eigenvalue weighted by Crippen LogP contribution is 2.52. The Morgan fingerprint density at radius 1 is 1.08 bits per heavy atom. The zero-order chi connectivity index (χ0) is 17.0. The number of allylic oxidation sites excluding steroid dienone is 2. The van der Waals surface area contributed by atoms with Crippen LogP contribution in [0, 0.1) is 30.6 Å². The van der Waals surface area contributed by atoms with E-state index in [0.717, 1.165) is 12.0 Å². The monoisotopic (exact) mass is 324 g/mol. The summed E-state index contributed by atoms with van der Waals surface area (Å²) in [4.78, 5) is 40.4. The van der Waals surface area contributed by atoms with Gasteiger partial charge in [0.1, 0.15) is 6.67 Å². The van der Waals surface area contributed by atoms with Gasteiger partial charge in [-0.05, 0) is 37.3 Å². The van der Waals surface area contributed by atoms with Crippen molar-refractivity contribution in [1.82, 2.24) is 4.90 Å². The number of likely N-dealkylation sites (tertiary alicyclic amines) is 1. The molecule has 2 fully saturated rings. The maximum Gasteiger partial charge on any atom is 0.235 e. The van der Waals surface area contributed by atoms with E-state index in [1.165, 1.54) is 16.7 Å². The van der Waals surface area contributed by atoms with Gasteiger partial charge in [0.15, 0.2) is 0 Å². The van der Waals surface area contributed by atoms with E-state index in [2.05, 4.69) is 12.2 Å². The van der Waals surface area contributed by atoms with Gasteiger partial charge < -0.3 is 0 Å². The lowest BCUT2D eigenvalue weighted by Gasteiger charge is -2.27. The highest BCUT2D eigenvalue weighted by Gasteiger charge is 2.59. The quantitative estimate of drug-likeness (QED) is 0.632. The second kappa shape index (κ2) is 5.30. The van der Waals surface area contributed by atoms with Gasteiger partial charge in [0.2, 0.25) is 17.7 Å². The summed E-state index contributed by atoms with van der Waals surface area (Å²) in [5, 5.41) is 0. The van der Waals surface area contributed by atoms with Crippen LogP contribution in [-0.4, -0.2) is 29.3 Å². The van der Waals surface area contributed by atoms with E-state index in [4.69, 9.17) is 0 Å². The highest BCUT2D eigenvalue weighted by atomic mass is 16.2. The van der Waals surface area contributed by atoms with Gasteiger partial charge in [0.05, 0.1) is 11.8 Å². The number of aryl methyl sites for hydroxylation is 1. The Labute approximate surface area is 140 Å². The van der Waals surface area contributed by atoms with Crippen molar-refractivity contribution in [3.8, 4) is 0 Å². The van der Waals surface area contributed by atoms with Crippen LogP contribution in [0.4, 0.5) is 5.69 Å². The van der Waals surface area contributed by atoms with Crippen LogP contribution in [-0.2, 0) is 14.4 Å². The number of nitrogens with zero attached hydrogens (tertiary/aromatic N) is 2. The van der Waals surface area contributed by atoms with Gasteiger partial charge >= 0.3 is 0 Å². The van der Waals surface area contributed by atoms with Gasteiger partial charge in [-0.1, -0.05) is 29.8 Å². The largest absolute Gasteiger partial charge is 0.294 e. The molecule has 4 atom stereocenters. The molecule has 0 aromatic heterocycles. The summed E-state index contributed by atoms with van der Waals surface area (Å²) < 4.78 is 0. The molecule has 1 saturated carbocycles. The predicted octanol–water partition coefficient (Wildman–Crippen LogP) is 2.11. The van der Waals surface area contributed by atoms with E-state index in [0.29, 0.717) is 5.69 Å². The first-order chi connectivity index (χ1) is 11.5. The van der Waals surface area contributed by atoms with Crippen molar-refractivity contribution in [1.29, 1.82) is 0 Å². The fourth-order valence-electron chi connectivity index (χ4n) is 4.33. The summed E-state index contributed by atoms with van der Waals surface area (Å²) in [5.41, 5.74) is 1.79. The van der Waals surface area contributed by atoms with E-state index >= 15 is 0 Å². The number of benzene rings is 1. The molecule has 24 heavy (non-hydrogen) atoms. The molecule has 1 aliphatic heterocycles. The lowest BCUT2D eigenvalue weighted by Crippen LogP contribution is -2.44. The molecule has 1 aromatic carbocycles. The SMILES string of the molecule is CC(=O)N(CN1C(=O)[C@@H]2[C@@H](C1=O)[C@H]1C=C[C@H]2C1)c1ccc(C)cc1. The van der Waals surface area contributed by atoms with Crippen LogP contribution in [0.1, 0.15) is 18.9 Å². The summed E-state index contributed by atoms with van der Waals surface area (Å²) in [5.74, 6) is -0.505. The molecule has 0 spiro atoms. The molecular weight excluding hydrogens is 304 g/mol. The molecule has 2 bridgehead atoms. The third-order valence-corrected chi connectivity index (χ3v) is 5.57. The van der Waals surface area contributed by atoms with Crippen molar-refractivity contribution in [3.63, 3.8) is 0 Å². The fraction of sp³-hybridized carbons (Fsp3) is 0.421. The molecule has 1 heterocycles. The number of fused-ring (bicyclic) bond motifs is 5. The topological polar surface area (TPSA) is 57.7 Å². The van der Waals surface area contributed by atoms with Crippen LogP contribution >= 0.6 is 0 Å². The Kier molecular flexibility index (Phi) is 3.34. The molecule has 0 radical (unpaired) electrons. The Morgan fingerprint density at radius 3 is 2.12 bits per heavy atom. The Bertz CT molecular complexity index is 722. The third-order valence-electron chi connectivity index (χ3n) is 5.57. The first kappa shape index (κ1) is 15.1. The molecule has 5 nitrogen and oxygen atoms in total. The van der Waals surface area contributed by atoms with Crippen molar-refractivity contribution in [2.45, 2.75) is 20.3 Å². The molecule has 4 rings (SSSR count). The van der Waals surface area contributed by atoms with E-state index in [-0.39, 0.29) is 48.1 Å². The number of rotatable bonds is 3. The van der Waals surface area contributed by atoms with Gasteiger partial charge in [0, 0.05) is 12.6 Å². The highest BCUT2D eigenvalue weighted by molar-refractivity contribution is 6.07. The number of carbonyl (C=O) groups is 3. The molecule has 0 unspecified atom stereocenters. The average molecular weight is 324 g/mol. The van der Waals surface area contributed by atoms with Crippen LogP contribution in [0.15, 0.2) is 36.4 Å². The van der Waals surface area contributed by atoms with Crippen molar-refractivity contribution in [2.75, 3.05) is 11.6 Å². The molecule has 3 aliphatic rings. The maximum absolute atomic E-state index is 12.8. The van der Waals surface area contributed by atoms with Crippen LogP contribution in [0.5, 0.6) is 0 Å². The Morgan fingerprint density at radius 2 is 1.62 bits per heavy atom. The zero-order valence-electron chi connectivity index (χ0n) is 13.8. The second-order valence-electron chi connectivity index (χ2n) is 7.03. The standard InChI is InChI=1S/C19H20N2O3/c1-11-3-7-15(8-4-11)20(12(2)22)10-21-18(23)16-13-5-6-14(9-13)17(16)19(21)24/h3-8,13-14,16-17H,9-10H2,1-2H3/t13-,14-,16-,17-/m0/s1. The lowest BCUT2D eigenvalue weighted by atomic mass is 9.85. The predicted molar refractivity (Wildman–Crippen MR) is 88.8 cm³/mol. The number of anilines is 1. The van der Waals surface area contributed by atoms with Crippen molar-refractivity contribution in [2.24, 2.45) is 23.7 Å². The van der Waals surface area contributed by atoms with Crippen molar-refractivity contribution in [3.05, 3.63) is 42.0 Å². The van der Waals surface area contributed by atoms with Crippen molar-refractivity contribution >= 4 is 23.4 Å². The van der Waals surface area contributed by atoms with Crippen LogP contribution in [0.25, 0.3) is 0 Å². The van der Waals surface area contributed by atoms with Gasteiger partial charge in [-0.2, -0.15) is 0 Å². The minimum atomic E-state index is -0.223. The average Bonchev–Trinajstić information content (AvgIpc) is 3.22. The van der Waals surface area contributed by atoms with Crippen LogP contribution < -0.4 is 4.90 Å². The summed E-state index contributed by atoms with van der Waals surface area (Å²) in [6, 6.07) is 7.51. The van der Waals surface area contributed by atoms with Crippen molar-refractivity contribution < 1.29 is 14.4 Å². The summed E-state index contributed by atoms with van der Waals surface area (Å²) >= 11 is 0. The molecule has 2 aliphatic carbocycles. The van der Waals surface area contributed by atoms with Crippen LogP contribution in [0.3, 0.4) is 0 Å².